The number of benzene rings is 1. The monoisotopic (exact) mass is 441 g/mol. The highest BCUT2D eigenvalue weighted by Crippen LogP contribution is 2.23. The first-order chi connectivity index (χ1) is 15.0. The number of hydrogen-bond acceptors (Lipinski definition) is 8. The van der Waals surface area contributed by atoms with E-state index in [2.05, 4.69) is 31.0 Å². The number of rotatable bonds is 8. The summed E-state index contributed by atoms with van der Waals surface area (Å²) in [4.78, 5) is 32.5. The number of carbonyl (C=O) groups is 2. The number of ether oxygens (including phenoxy) is 1. The lowest BCUT2D eigenvalue weighted by atomic mass is 10.1. The topological polar surface area (TPSA) is 123 Å². The van der Waals surface area contributed by atoms with Crippen LogP contribution in [0.25, 0.3) is 11.7 Å². The van der Waals surface area contributed by atoms with Gasteiger partial charge in [0, 0.05) is 35.0 Å². The molecule has 0 bridgehead atoms. The standard InChI is InChI=1S/C20H20ClN7O3/c1-2-31-7-6-22-20-27-19(24-15-5-3-4-14(21)10-15)26-17-13(11-23-28(17)20)8-12-9-16(29)25-18(12)30/h3-5,8,10-11H,2,6-7,9H2,1H3,(H,25,29,30)(H2,22,24,26,27)/b12-8+. The quantitative estimate of drug-likeness (QED) is 0.276. The summed E-state index contributed by atoms with van der Waals surface area (Å²) in [5.41, 5.74) is 2.13. The summed E-state index contributed by atoms with van der Waals surface area (Å²) in [5.74, 6) is 0.0290. The molecule has 0 saturated carbocycles. The largest absolute Gasteiger partial charge is 0.380 e. The molecule has 0 spiro atoms. The molecule has 1 saturated heterocycles. The van der Waals surface area contributed by atoms with Crippen LogP contribution >= 0.6 is 11.6 Å². The molecular formula is C20H20ClN7O3. The van der Waals surface area contributed by atoms with Gasteiger partial charge in [0.2, 0.25) is 17.8 Å². The predicted molar refractivity (Wildman–Crippen MR) is 116 cm³/mol. The maximum Gasteiger partial charge on any atom is 0.254 e. The van der Waals surface area contributed by atoms with Crippen LogP contribution in [0.1, 0.15) is 18.9 Å². The number of carbonyl (C=O) groups excluding carboxylic acids is 2. The van der Waals surface area contributed by atoms with Crippen molar-refractivity contribution in [1.29, 1.82) is 0 Å². The number of amides is 2. The predicted octanol–water partition coefficient (Wildman–Crippen LogP) is 2.40. The third-order valence-electron chi connectivity index (χ3n) is 4.44. The Morgan fingerprint density at radius 2 is 2.19 bits per heavy atom. The van der Waals surface area contributed by atoms with Gasteiger partial charge in [-0.15, -0.1) is 0 Å². The average Bonchev–Trinajstić information content (AvgIpc) is 3.28. The zero-order chi connectivity index (χ0) is 21.8. The lowest BCUT2D eigenvalue weighted by Crippen LogP contribution is -2.19. The third kappa shape index (κ3) is 4.81. The molecule has 10 nitrogen and oxygen atoms in total. The first kappa shape index (κ1) is 20.8. The number of hydrogen-bond donors (Lipinski definition) is 3. The van der Waals surface area contributed by atoms with E-state index < -0.39 is 5.91 Å². The van der Waals surface area contributed by atoms with E-state index in [4.69, 9.17) is 16.3 Å². The van der Waals surface area contributed by atoms with Crippen LogP contribution in [0.3, 0.4) is 0 Å². The minimum Gasteiger partial charge on any atom is -0.380 e. The van der Waals surface area contributed by atoms with Crippen molar-refractivity contribution in [2.45, 2.75) is 13.3 Å². The average molecular weight is 442 g/mol. The Balaban J connectivity index is 1.72. The smallest absolute Gasteiger partial charge is 0.254 e. The molecule has 2 amide bonds. The SMILES string of the molecule is CCOCCNc1nc(Nc2cccc(Cl)c2)nc2c(/C=C3\CC(=O)NC3=O)cnn12. The number of nitrogens with zero attached hydrogens (tertiary/aromatic N) is 4. The molecule has 1 aliphatic rings. The molecule has 0 unspecified atom stereocenters. The van der Waals surface area contributed by atoms with Crippen LogP contribution in [0.2, 0.25) is 5.02 Å². The first-order valence-corrected chi connectivity index (χ1v) is 10.1. The number of anilines is 3. The number of fused-ring (bicyclic) bond motifs is 1. The summed E-state index contributed by atoms with van der Waals surface area (Å²) in [5, 5.41) is 13.5. The highest BCUT2D eigenvalue weighted by Gasteiger charge is 2.24. The molecule has 3 aromatic rings. The molecular weight excluding hydrogens is 422 g/mol. The molecule has 0 aliphatic carbocycles. The number of imide groups is 1. The zero-order valence-corrected chi connectivity index (χ0v) is 17.4. The molecule has 1 aliphatic heterocycles. The summed E-state index contributed by atoms with van der Waals surface area (Å²) >= 11 is 6.07. The fraction of sp³-hybridized carbons (Fsp3) is 0.250. The van der Waals surface area contributed by atoms with Crippen LogP contribution in [0.4, 0.5) is 17.6 Å². The van der Waals surface area contributed by atoms with Crippen LogP contribution in [0.5, 0.6) is 0 Å². The van der Waals surface area contributed by atoms with Crippen molar-refractivity contribution < 1.29 is 14.3 Å². The van der Waals surface area contributed by atoms with Gasteiger partial charge in [0.1, 0.15) is 0 Å². The van der Waals surface area contributed by atoms with Gasteiger partial charge in [-0.25, -0.2) is 0 Å². The Labute approximate surface area is 182 Å². The van der Waals surface area contributed by atoms with Gasteiger partial charge in [-0.3, -0.25) is 14.9 Å². The Kier molecular flexibility index (Phi) is 6.10. The van der Waals surface area contributed by atoms with E-state index in [-0.39, 0.29) is 12.3 Å². The Morgan fingerprint density at radius 3 is 2.94 bits per heavy atom. The van der Waals surface area contributed by atoms with Crippen LogP contribution in [0.15, 0.2) is 36.0 Å². The molecule has 3 heterocycles. The van der Waals surface area contributed by atoms with Gasteiger partial charge >= 0.3 is 0 Å². The van der Waals surface area contributed by atoms with E-state index in [1.165, 1.54) is 4.52 Å². The molecule has 11 heteroatoms. The third-order valence-corrected chi connectivity index (χ3v) is 4.67. The second kappa shape index (κ2) is 9.11. The van der Waals surface area contributed by atoms with Gasteiger partial charge in [0.15, 0.2) is 5.65 Å². The van der Waals surface area contributed by atoms with Crippen molar-refractivity contribution in [3.05, 3.63) is 46.6 Å². The Hall–Kier alpha value is -3.50. The van der Waals surface area contributed by atoms with Crippen molar-refractivity contribution in [3.8, 4) is 0 Å². The molecule has 3 N–H and O–H groups in total. The molecule has 0 atom stereocenters. The van der Waals surface area contributed by atoms with Crippen molar-refractivity contribution >= 4 is 52.7 Å². The first-order valence-electron chi connectivity index (χ1n) is 9.68. The molecule has 31 heavy (non-hydrogen) atoms. The number of nitrogens with one attached hydrogen (secondary N) is 3. The zero-order valence-electron chi connectivity index (χ0n) is 16.7. The number of aromatic nitrogens is 4. The van der Waals surface area contributed by atoms with E-state index in [9.17, 15) is 9.59 Å². The van der Waals surface area contributed by atoms with Gasteiger partial charge in [-0.05, 0) is 31.2 Å². The lowest BCUT2D eigenvalue weighted by Gasteiger charge is -2.11. The second-order valence-electron chi connectivity index (χ2n) is 6.69. The molecule has 2 aromatic heterocycles. The van der Waals surface area contributed by atoms with Crippen molar-refractivity contribution in [2.75, 3.05) is 30.4 Å². The second-order valence-corrected chi connectivity index (χ2v) is 7.13. The number of halogens is 1. The summed E-state index contributed by atoms with van der Waals surface area (Å²) in [6.45, 7) is 3.55. The van der Waals surface area contributed by atoms with E-state index >= 15 is 0 Å². The van der Waals surface area contributed by atoms with Crippen LogP contribution in [0, 0.1) is 0 Å². The van der Waals surface area contributed by atoms with Gasteiger partial charge in [0.25, 0.3) is 5.91 Å². The lowest BCUT2D eigenvalue weighted by molar-refractivity contribution is -0.124. The van der Waals surface area contributed by atoms with Crippen molar-refractivity contribution in [2.24, 2.45) is 0 Å². The minimum absolute atomic E-state index is 0.0222. The van der Waals surface area contributed by atoms with E-state index in [0.29, 0.717) is 53.5 Å². The maximum absolute atomic E-state index is 11.9. The summed E-state index contributed by atoms with van der Waals surface area (Å²) in [6, 6.07) is 7.18. The highest BCUT2D eigenvalue weighted by atomic mass is 35.5. The van der Waals surface area contributed by atoms with Gasteiger partial charge in [-0.2, -0.15) is 19.6 Å². The van der Waals surface area contributed by atoms with Crippen molar-refractivity contribution in [3.63, 3.8) is 0 Å². The summed E-state index contributed by atoms with van der Waals surface area (Å²) in [6.07, 6.45) is 3.21. The van der Waals surface area contributed by atoms with E-state index in [0.717, 1.165) is 5.69 Å². The van der Waals surface area contributed by atoms with Gasteiger partial charge < -0.3 is 15.4 Å². The van der Waals surface area contributed by atoms with E-state index in [1.54, 1.807) is 24.4 Å². The molecule has 1 fully saturated rings. The fourth-order valence-electron chi connectivity index (χ4n) is 3.05. The Morgan fingerprint density at radius 1 is 1.32 bits per heavy atom. The molecule has 0 radical (unpaired) electrons. The molecule has 160 valence electrons. The van der Waals surface area contributed by atoms with Crippen molar-refractivity contribution in [1.82, 2.24) is 24.9 Å². The van der Waals surface area contributed by atoms with Crippen LogP contribution in [-0.4, -0.2) is 51.2 Å². The maximum atomic E-state index is 11.9. The van der Waals surface area contributed by atoms with E-state index in [1.807, 2.05) is 19.1 Å². The highest BCUT2D eigenvalue weighted by molar-refractivity contribution is 6.30. The van der Waals surface area contributed by atoms with Gasteiger partial charge in [0.05, 0.1) is 19.2 Å². The fourth-order valence-corrected chi connectivity index (χ4v) is 3.24. The van der Waals surface area contributed by atoms with Crippen LogP contribution in [-0.2, 0) is 14.3 Å². The molecule has 1 aromatic carbocycles. The molecule has 4 rings (SSSR count). The normalized spacial score (nSPS) is 15.0. The summed E-state index contributed by atoms with van der Waals surface area (Å²) in [7, 11) is 0. The van der Waals surface area contributed by atoms with Crippen LogP contribution < -0.4 is 16.0 Å². The van der Waals surface area contributed by atoms with Gasteiger partial charge in [-0.1, -0.05) is 17.7 Å². The minimum atomic E-state index is -0.411. The Bertz CT molecular complexity index is 1170. The summed E-state index contributed by atoms with van der Waals surface area (Å²) < 4.78 is 6.91.